The Bertz CT molecular complexity index is 855. The Kier molecular flexibility index (Phi) is 3.58. The summed E-state index contributed by atoms with van der Waals surface area (Å²) >= 11 is 1.43. The zero-order valence-electron chi connectivity index (χ0n) is 11.8. The Morgan fingerprint density at radius 3 is 2.96 bits per heavy atom. The third-order valence-electron chi connectivity index (χ3n) is 3.30. The maximum atomic E-state index is 13.2. The monoisotopic (exact) mass is 330 g/mol. The van der Waals surface area contributed by atoms with Crippen molar-refractivity contribution in [2.24, 2.45) is 0 Å². The molecule has 4 rings (SSSR count). The van der Waals surface area contributed by atoms with Crippen molar-refractivity contribution in [1.82, 2.24) is 20.2 Å². The van der Waals surface area contributed by atoms with Crippen molar-refractivity contribution < 1.29 is 13.9 Å². The largest absolute Gasteiger partial charge is 0.454 e. The van der Waals surface area contributed by atoms with Gasteiger partial charge in [-0.1, -0.05) is 23.9 Å². The molecule has 0 fully saturated rings. The van der Waals surface area contributed by atoms with Crippen LogP contribution in [0.2, 0.25) is 0 Å². The predicted octanol–water partition coefficient (Wildman–Crippen LogP) is 2.82. The minimum Gasteiger partial charge on any atom is -0.454 e. The lowest BCUT2D eigenvalue weighted by Crippen LogP contribution is -1.99. The fourth-order valence-electron chi connectivity index (χ4n) is 2.22. The van der Waals surface area contributed by atoms with Crippen LogP contribution >= 0.6 is 11.8 Å². The Morgan fingerprint density at radius 2 is 2.04 bits per heavy atom. The van der Waals surface area contributed by atoms with Crippen LogP contribution in [-0.4, -0.2) is 27.0 Å². The summed E-state index contributed by atoms with van der Waals surface area (Å²) in [5.41, 5.74) is 1.65. The van der Waals surface area contributed by atoms with E-state index in [0.717, 1.165) is 11.3 Å². The average Bonchev–Trinajstić information content (AvgIpc) is 3.21. The smallest absolute Gasteiger partial charge is 0.231 e. The third-order valence-corrected chi connectivity index (χ3v) is 4.29. The van der Waals surface area contributed by atoms with Crippen molar-refractivity contribution in [2.75, 3.05) is 6.79 Å². The summed E-state index contributed by atoms with van der Waals surface area (Å²) in [7, 11) is 0. The molecule has 23 heavy (non-hydrogen) atoms. The summed E-state index contributed by atoms with van der Waals surface area (Å²) in [6.45, 7) is 0.218. The maximum Gasteiger partial charge on any atom is 0.231 e. The molecule has 0 atom stereocenters. The van der Waals surface area contributed by atoms with Crippen molar-refractivity contribution in [2.45, 2.75) is 10.9 Å². The number of ether oxygens (including phenoxy) is 2. The lowest BCUT2D eigenvalue weighted by molar-refractivity contribution is 0.174. The molecule has 0 N–H and O–H groups in total. The van der Waals surface area contributed by atoms with Crippen molar-refractivity contribution in [3.8, 4) is 17.2 Å². The van der Waals surface area contributed by atoms with E-state index in [1.165, 1.54) is 23.9 Å². The van der Waals surface area contributed by atoms with E-state index in [2.05, 4.69) is 15.5 Å². The second kappa shape index (κ2) is 5.88. The number of benzene rings is 2. The van der Waals surface area contributed by atoms with Gasteiger partial charge in [0.05, 0.1) is 5.69 Å². The lowest BCUT2D eigenvalue weighted by atomic mass is 10.2. The first-order valence-electron chi connectivity index (χ1n) is 6.85. The van der Waals surface area contributed by atoms with E-state index in [0.29, 0.717) is 22.4 Å². The minimum absolute atomic E-state index is 0.218. The summed E-state index contributed by atoms with van der Waals surface area (Å²) in [4.78, 5) is 0. The zero-order chi connectivity index (χ0) is 15.6. The second-order valence-electron chi connectivity index (χ2n) is 4.83. The van der Waals surface area contributed by atoms with Gasteiger partial charge in [-0.05, 0) is 40.3 Å². The van der Waals surface area contributed by atoms with E-state index < -0.39 is 0 Å². The van der Waals surface area contributed by atoms with Crippen LogP contribution in [0, 0.1) is 5.82 Å². The number of aromatic nitrogens is 4. The fourth-order valence-corrected chi connectivity index (χ4v) is 3.06. The van der Waals surface area contributed by atoms with Gasteiger partial charge in [0, 0.05) is 11.8 Å². The average molecular weight is 330 g/mol. The van der Waals surface area contributed by atoms with Gasteiger partial charge in [-0.3, -0.25) is 0 Å². The van der Waals surface area contributed by atoms with Gasteiger partial charge in [0.1, 0.15) is 5.82 Å². The van der Waals surface area contributed by atoms with Gasteiger partial charge in [-0.15, -0.1) is 5.10 Å². The first-order valence-corrected chi connectivity index (χ1v) is 7.84. The standard InChI is InChI=1S/C15H11FN4O2S/c16-11-3-1-2-10(6-11)8-23-15-17-18-19-20(15)12-4-5-13-14(7-12)22-9-21-13/h1-7H,8-9H2. The maximum absolute atomic E-state index is 13.2. The molecular weight excluding hydrogens is 319 g/mol. The van der Waals surface area contributed by atoms with Crippen molar-refractivity contribution in [3.05, 3.63) is 53.8 Å². The lowest BCUT2D eigenvalue weighted by Gasteiger charge is -2.05. The first kappa shape index (κ1) is 14.0. The van der Waals surface area contributed by atoms with Crippen LogP contribution in [0.4, 0.5) is 4.39 Å². The van der Waals surface area contributed by atoms with E-state index in [4.69, 9.17) is 9.47 Å². The predicted molar refractivity (Wildman–Crippen MR) is 81.2 cm³/mol. The van der Waals surface area contributed by atoms with Crippen molar-refractivity contribution >= 4 is 11.8 Å². The van der Waals surface area contributed by atoms with Crippen LogP contribution in [0.1, 0.15) is 5.56 Å². The molecule has 0 radical (unpaired) electrons. The molecule has 6 nitrogen and oxygen atoms in total. The summed E-state index contributed by atoms with van der Waals surface area (Å²) in [6.07, 6.45) is 0. The van der Waals surface area contributed by atoms with Crippen LogP contribution < -0.4 is 9.47 Å². The summed E-state index contributed by atoms with van der Waals surface area (Å²) in [6, 6.07) is 12.0. The quantitative estimate of drug-likeness (QED) is 0.686. The molecule has 0 saturated heterocycles. The molecular formula is C15H11FN4O2S. The molecule has 1 aliphatic heterocycles. The topological polar surface area (TPSA) is 62.1 Å². The van der Waals surface area contributed by atoms with E-state index in [9.17, 15) is 4.39 Å². The molecule has 8 heteroatoms. The molecule has 0 amide bonds. The fraction of sp³-hybridized carbons (Fsp3) is 0.133. The zero-order valence-corrected chi connectivity index (χ0v) is 12.7. The van der Waals surface area contributed by atoms with E-state index >= 15 is 0 Å². The minimum atomic E-state index is -0.251. The number of tetrazole rings is 1. The second-order valence-corrected chi connectivity index (χ2v) is 5.77. The van der Waals surface area contributed by atoms with Crippen LogP contribution in [0.3, 0.4) is 0 Å². The molecule has 0 saturated carbocycles. The van der Waals surface area contributed by atoms with Crippen LogP contribution in [0.25, 0.3) is 5.69 Å². The van der Waals surface area contributed by atoms with Gasteiger partial charge in [-0.2, -0.15) is 4.68 Å². The summed E-state index contributed by atoms with van der Waals surface area (Å²) in [5.74, 6) is 1.69. The number of fused-ring (bicyclic) bond motifs is 1. The Labute approximate surface area is 135 Å². The molecule has 0 spiro atoms. The van der Waals surface area contributed by atoms with E-state index in [-0.39, 0.29) is 12.6 Å². The molecule has 3 aromatic rings. The Balaban J connectivity index is 1.56. The van der Waals surface area contributed by atoms with E-state index in [1.54, 1.807) is 10.7 Å². The van der Waals surface area contributed by atoms with Crippen LogP contribution in [0.5, 0.6) is 11.5 Å². The number of halogens is 1. The molecule has 1 aromatic heterocycles. The Hall–Kier alpha value is -2.61. The number of thioether (sulfide) groups is 1. The number of nitrogens with zero attached hydrogens (tertiary/aromatic N) is 4. The molecule has 0 unspecified atom stereocenters. The van der Waals surface area contributed by atoms with Crippen molar-refractivity contribution in [3.63, 3.8) is 0 Å². The molecule has 116 valence electrons. The number of hydrogen-bond acceptors (Lipinski definition) is 6. The molecule has 1 aliphatic rings. The Morgan fingerprint density at radius 1 is 1.13 bits per heavy atom. The van der Waals surface area contributed by atoms with Gasteiger partial charge in [-0.25, -0.2) is 4.39 Å². The number of rotatable bonds is 4. The summed E-state index contributed by atoms with van der Waals surface area (Å²) < 4.78 is 25.5. The highest BCUT2D eigenvalue weighted by Gasteiger charge is 2.16. The first-order chi connectivity index (χ1) is 11.3. The highest BCUT2D eigenvalue weighted by atomic mass is 32.2. The SMILES string of the molecule is Fc1cccc(CSc2nnnn2-c2ccc3c(c2)OCO3)c1. The van der Waals surface area contributed by atoms with Gasteiger partial charge in [0.2, 0.25) is 11.9 Å². The molecule has 0 bridgehead atoms. The van der Waals surface area contributed by atoms with Crippen LogP contribution in [0.15, 0.2) is 47.6 Å². The van der Waals surface area contributed by atoms with Crippen molar-refractivity contribution in [1.29, 1.82) is 0 Å². The van der Waals surface area contributed by atoms with Gasteiger partial charge in [0.25, 0.3) is 0 Å². The van der Waals surface area contributed by atoms with Gasteiger partial charge >= 0.3 is 0 Å². The molecule has 2 heterocycles. The normalized spacial score (nSPS) is 12.6. The molecule has 2 aromatic carbocycles. The number of hydrogen-bond donors (Lipinski definition) is 0. The third kappa shape index (κ3) is 2.85. The van der Waals surface area contributed by atoms with Gasteiger partial charge < -0.3 is 9.47 Å². The highest BCUT2D eigenvalue weighted by molar-refractivity contribution is 7.98. The highest BCUT2D eigenvalue weighted by Crippen LogP contribution is 2.34. The summed E-state index contributed by atoms with van der Waals surface area (Å²) in [5, 5.41) is 12.4. The van der Waals surface area contributed by atoms with E-state index in [1.807, 2.05) is 24.3 Å². The van der Waals surface area contributed by atoms with Gasteiger partial charge in [0.15, 0.2) is 11.5 Å². The molecule has 0 aliphatic carbocycles. The van der Waals surface area contributed by atoms with Crippen LogP contribution in [-0.2, 0) is 5.75 Å².